The van der Waals surface area contributed by atoms with Crippen LogP contribution >= 0.6 is 0 Å². The Bertz CT molecular complexity index is 957. The SMILES string of the molecule is Cn1c(=O)n(CCO)c2nc(N)nc(N(N)C(=O)c3ccco3)c21. The van der Waals surface area contributed by atoms with Crippen LogP contribution in [-0.2, 0) is 13.6 Å². The number of aliphatic hydroxyl groups excluding tert-OH is 1. The van der Waals surface area contributed by atoms with Gasteiger partial charge in [0.1, 0.15) is 5.52 Å². The number of carbonyl (C=O) groups is 1. The Morgan fingerprint density at radius 1 is 1.46 bits per heavy atom. The number of anilines is 2. The van der Waals surface area contributed by atoms with Crippen molar-refractivity contribution in [1.82, 2.24) is 19.1 Å². The summed E-state index contributed by atoms with van der Waals surface area (Å²) in [5.41, 5.74) is 5.62. The molecule has 3 rings (SSSR count). The van der Waals surface area contributed by atoms with Gasteiger partial charge in [-0.3, -0.25) is 13.9 Å². The van der Waals surface area contributed by atoms with Crippen LogP contribution in [-0.4, -0.2) is 36.7 Å². The van der Waals surface area contributed by atoms with Gasteiger partial charge in [0, 0.05) is 7.05 Å². The quantitative estimate of drug-likeness (QED) is 0.305. The van der Waals surface area contributed by atoms with Crippen LogP contribution in [0.15, 0.2) is 27.6 Å². The van der Waals surface area contributed by atoms with Crippen LogP contribution in [0.2, 0.25) is 0 Å². The van der Waals surface area contributed by atoms with Crippen molar-refractivity contribution < 1.29 is 14.3 Å². The molecule has 11 nitrogen and oxygen atoms in total. The largest absolute Gasteiger partial charge is 0.459 e. The molecule has 0 saturated carbocycles. The number of nitrogens with two attached hydrogens (primary N) is 2. The first-order chi connectivity index (χ1) is 11.5. The molecule has 0 radical (unpaired) electrons. The monoisotopic (exact) mass is 333 g/mol. The molecule has 0 aliphatic carbocycles. The molecule has 24 heavy (non-hydrogen) atoms. The Morgan fingerprint density at radius 3 is 2.83 bits per heavy atom. The molecule has 126 valence electrons. The number of aliphatic hydroxyl groups is 1. The van der Waals surface area contributed by atoms with E-state index in [1.54, 1.807) is 6.07 Å². The van der Waals surface area contributed by atoms with Crippen LogP contribution in [0.1, 0.15) is 10.6 Å². The summed E-state index contributed by atoms with van der Waals surface area (Å²) in [6.45, 7) is -0.251. The van der Waals surface area contributed by atoms with Gasteiger partial charge in [0.25, 0.3) is 0 Å². The third-order valence-corrected chi connectivity index (χ3v) is 3.48. The molecule has 0 fully saturated rings. The highest BCUT2D eigenvalue weighted by molar-refractivity contribution is 6.06. The zero-order valence-electron chi connectivity index (χ0n) is 12.7. The van der Waals surface area contributed by atoms with E-state index in [9.17, 15) is 9.59 Å². The van der Waals surface area contributed by atoms with E-state index in [0.29, 0.717) is 0 Å². The van der Waals surface area contributed by atoms with Crippen molar-refractivity contribution in [2.45, 2.75) is 6.54 Å². The number of fused-ring (bicyclic) bond motifs is 1. The summed E-state index contributed by atoms with van der Waals surface area (Å²) in [6, 6.07) is 2.98. The fraction of sp³-hybridized carbons (Fsp3) is 0.231. The predicted octanol–water partition coefficient (Wildman–Crippen LogP) is -1.18. The zero-order valence-corrected chi connectivity index (χ0v) is 12.7. The average molecular weight is 333 g/mol. The zero-order chi connectivity index (χ0) is 17.4. The number of nitrogen functional groups attached to an aromatic ring is 1. The Hall–Kier alpha value is -3.18. The van der Waals surface area contributed by atoms with Crippen molar-refractivity contribution >= 4 is 28.8 Å². The van der Waals surface area contributed by atoms with Gasteiger partial charge in [-0.05, 0) is 12.1 Å². The third kappa shape index (κ3) is 2.31. The fourth-order valence-corrected chi connectivity index (χ4v) is 2.39. The maximum atomic E-state index is 12.4. The van der Waals surface area contributed by atoms with Gasteiger partial charge in [-0.1, -0.05) is 0 Å². The molecule has 0 saturated heterocycles. The van der Waals surface area contributed by atoms with E-state index in [1.165, 1.54) is 28.5 Å². The van der Waals surface area contributed by atoms with Crippen LogP contribution in [0.3, 0.4) is 0 Å². The summed E-state index contributed by atoms with van der Waals surface area (Å²) in [5.74, 6) is 4.99. The van der Waals surface area contributed by atoms with Gasteiger partial charge in [0.15, 0.2) is 17.2 Å². The second-order valence-electron chi connectivity index (χ2n) is 4.95. The molecule has 5 N–H and O–H groups in total. The molecule has 3 heterocycles. The lowest BCUT2D eigenvalue weighted by Gasteiger charge is -2.15. The molecule has 3 aromatic rings. The van der Waals surface area contributed by atoms with Crippen molar-refractivity contribution in [3.63, 3.8) is 0 Å². The number of hydrazine groups is 1. The van der Waals surface area contributed by atoms with Crippen LogP contribution in [0, 0.1) is 0 Å². The van der Waals surface area contributed by atoms with E-state index in [-0.39, 0.29) is 41.8 Å². The molecule has 0 atom stereocenters. The van der Waals surface area contributed by atoms with E-state index in [1.807, 2.05) is 0 Å². The summed E-state index contributed by atoms with van der Waals surface area (Å²) >= 11 is 0. The van der Waals surface area contributed by atoms with Gasteiger partial charge in [-0.25, -0.2) is 15.6 Å². The van der Waals surface area contributed by atoms with Crippen LogP contribution in [0.25, 0.3) is 11.2 Å². The standard InChI is InChI=1S/C13H15N7O4/c1-18-8-9(19(4-5-21)13(18)23)16-12(14)17-10(8)20(15)11(22)7-3-2-6-24-7/h2-3,6,21H,4-5,15H2,1H3,(H2,14,16,17). The first kappa shape index (κ1) is 15.7. The number of amides is 1. The van der Waals surface area contributed by atoms with Crippen LogP contribution in [0.5, 0.6) is 0 Å². The van der Waals surface area contributed by atoms with E-state index in [0.717, 1.165) is 5.01 Å². The molecule has 0 aromatic carbocycles. The summed E-state index contributed by atoms with van der Waals surface area (Å²) < 4.78 is 7.48. The van der Waals surface area contributed by atoms with Gasteiger partial charge in [0.05, 0.1) is 19.4 Å². The van der Waals surface area contributed by atoms with Crippen molar-refractivity contribution in [2.24, 2.45) is 12.9 Å². The van der Waals surface area contributed by atoms with Crippen LogP contribution < -0.4 is 22.3 Å². The van der Waals surface area contributed by atoms with E-state index in [4.69, 9.17) is 21.1 Å². The Labute approximate surface area is 134 Å². The summed E-state index contributed by atoms with van der Waals surface area (Å²) in [5, 5.41) is 9.87. The smallest absolute Gasteiger partial charge is 0.330 e. The molecular formula is C13H15N7O4. The number of imidazole rings is 1. The third-order valence-electron chi connectivity index (χ3n) is 3.48. The summed E-state index contributed by atoms with van der Waals surface area (Å²) in [4.78, 5) is 32.7. The first-order valence-electron chi connectivity index (χ1n) is 6.92. The van der Waals surface area contributed by atoms with Gasteiger partial charge in [-0.2, -0.15) is 9.97 Å². The maximum Gasteiger partial charge on any atom is 0.330 e. The highest BCUT2D eigenvalue weighted by Gasteiger charge is 2.25. The number of aromatic nitrogens is 4. The van der Waals surface area contributed by atoms with Gasteiger partial charge in [-0.15, -0.1) is 0 Å². The lowest BCUT2D eigenvalue weighted by atomic mass is 10.4. The number of furan rings is 1. The number of carbonyl (C=O) groups excluding carboxylic acids is 1. The molecule has 0 spiro atoms. The minimum Gasteiger partial charge on any atom is -0.459 e. The number of hydrogen-bond acceptors (Lipinski definition) is 8. The Kier molecular flexibility index (Phi) is 3.79. The Balaban J connectivity index is 2.23. The van der Waals surface area contributed by atoms with E-state index >= 15 is 0 Å². The lowest BCUT2D eigenvalue weighted by molar-refractivity contribution is 0.0959. The minimum absolute atomic E-state index is 0.00243. The average Bonchev–Trinajstić information content (AvgIpc) is 3.17. The molecule has 3 aromatic heterocycles. The fourth-order valence-electron chi connectivity index (χ4n) is 2.39. The molecule has 11 heteroatoms. The number of nitrogens with zero attached hydrogens (tertiary/aromatic N) is 5. The number of aryl methyl sites for hydroxylation is 1. The Morgan fingerprint density at radius 2 is 2.21 bits per heavy atom. The predicted molar refractivity (Wildman–Crippen MR) is 84.0 cm³/mol. The second kappa shape index (κ2) is 5.79. The molecule has 0 unspecified atom stereocenters. The van der Waals surface area contributed by atoms with Crippen molar-refractivity contribution in [3.8, 4) is 0 Å². The molecule has 0 bridgehead atoms. The van der Waals surface area contributed by atoms with E-state index < -0.39 is 11.6 Å². The second-order valence-corrected chi connectivity index (χ2v) is 4.95. The van der Waals surface area contributed by atoms with Crippen molar-refractivity contribution in [1.29, 1.82) is 0 Å². The van der Waals surface area contributed by atoms with Crippen molar-refractivity contribution in [3.05, 3.63) is 34.6 Å². The highest BCUT2D eigenvalue weighted by atomic mass is 16.3. The van der Waals surface area contributed by atoms with Gasteiger partial charge in [0.2, 0.25) is 5.95 Å². The summed E-state index contributed by atoms with van der Waals surface area (Å²) in [6.07, 6.45) is 1.33. The lowest BCUT2D eigenvalue weighted by Crippen LogP contribution is -2.38. The number of rotatable bonds is 4. The molecule has 0 aliphatic rings. The van der Waals surface area contributed by atoms with Crippen molar-refractivity contribution in [2.75, 3.05) is 17.3 Å². The number of hydrogen-bond donors (Lipinski definition) is 3. The van der Waals surface area contributed by atoms with Crippen LogP contribution in [0.4, 0.5) is 11.8 Å². The van der Waals surface area contributed by atoms with Gasteiger partial charge < -0.3 is 15.3 Å². The first-order valence-corrected chi connectivity index (χ1v) is 6.92. The maximum absolute atomic E-state index is 12.4. The molecule has 0 aliphatic heterocycles. The molecular weight excluding hydrogens is 318 g/mol. The highest BCUT2D eigenvalue weighted by Crippen LogP contribution is 2.23. The van der Waals surface area contributed by atoms with Gasteiger partial charge >= 0.3 is 11.6 Å². The minimum atomic E-state index is -0.665. The molecule has 1 amide bonds. The topological polar surface area (TPSA) is 158 Å². The summed E-state index contributed by atoms with van der Waals surface area (Å²) in [7, 11) is 1.48. The normalized spacial score (nSPS) is 11.1. The van der Waals surface area contributed by atoms with E-state index in [2.05, 4.69) is 9.97 Å².